The molecule has 1 aliphatic rings. The van der Waals surface area contributed by atoms with Gasteiger partial charge in [-0.25, -0.2) is 0 Å². The van der Waals surface area contributed by atoms with Crippen molar-refractivity contribution in [1.82, 2.24) is 9.97 Å². The Morgan fingerprint density at radius 3 is 1.98 bits per heavy atom. The van der Waals surface area contributed by atoms with Gasteiger partial charge in [-0.05, 0) is 57.8 Å². The Bertz CT molecular complexity index is 2010. The van der Waals surface area contributed by atoms with Crippen LogP contribution in [0.1, 0.15) is 30.5 Å². The molecule has 241 valence electrons. The molecule has 1 radical (unpaired) electrons. The van der Waals surface area contributed by atoms with Gasteiger partial charge in [0.2, 0.25) is 0 Å². The van der Waals surface area contributed by atoms with E-state index in [-0.39, 0.29) is 25.5 Å². The molecule has 0 aliphatic heterocycles. The van der Waals surface area contributed by atoms with Gasteiger partial charge in [-0.15, -0.1) is 64.3 Å². The van der Waals surface area contributed by atoms with Gasteiger partial charge in [0.05, 0.1) is 16.1 Å². The van der Waals surface area contributed by atoms with E-state index in [9.17, 15) is 0 Å². The maximum Gasteiger partial charge on any atom is 0.0767 e. The standard InChI is InChI=1S/C25H20N.C17H24NSi2.Ir/c1-16-13-14-26-22(15-16)21-10-6-9-19-20-12-11-17-7-4-5-8-18(17)23(20)25(2,3)24(19)21;1-19(2,3)15-9-7-8-14(12-15)17-13-16(10-11-18-17)20(4,5)6;/h4-9,11-15H,1-3H3;7,9-13H,1-6H3;/q2*-1;. The van der Waals surface area contributed by atoms with E-state index in [1.165, 1.54) is 49.0 Å². The predicted octanol–water partition coefficient (Wildman–Crippen LogP) is 9.95. The van der Waals surface area contributed by atoms with Crippen molar-refractivity contribution in [1.29, 1.82) is 0 Å². The fourth-order valence-electron chi connectivity index (χ4n) is 6.67. The van der Waals surface area contributed by atoms with Gasteiger partial charge in [0, 0.05) is 32.5 Å². The molecular formula is C42H44IrN2Si2-2. The summed E-state index contributed by atoms with van der Waals surface area (Å²) in [6.45, 7) is 21.0. The summed E-state index contributed by atoms with van der Waals surface area (Å²) in [5.74, 6) is 0. The molecule has 1 aliphatic carbocycles. The van der Waals surface area contributed by atoms with Crippen molar-refractivity contribution in [3.63, 3.8) is 0 Å². The van der Waals surface area contributed by atoms with Crippen LogP contribution in [0.4, 0.5) is 0 Å². The molecule has 0 spiro atoms. The molecule has 0 saturated heterocycles. The third kappa shape index (κ3) is 6.91. The Morgan fingerprint density at radius 1 is 0.617 bits per heavy atom. The Labute approximate surface area is 297 Å². The molecule has 0 amide bonds. The summed E-state index contributed by atoms with van der Waals surface area (Å²) in [6.07, 6.45) is 3.83. The van der Waals surface area contributed by atoms with E-state index in [1.807, 2.05) is 30.6 Å². The number of aryl methyl sites for hydroxylation is 1. The minimum absolute atomic E-state index is 0. The molecule has 0 atom stereocenters. The summed E-state index contributed by atoms with van der Waals surface area (Å²) in [4.78, 5) is 9.20. The van der Waals surface area contributed by atoms with Crippen LogP contribution in [0.25, 0.3) is 44.4 Å². The van der Waals surface area contributed by atoms with Gasteiger partial charge in [-0.3, -0.25) is 0 Å². The first-order valence-electron chi connectivity index (χ1n) is 16.2. The first-order chi connectivity index (χ1) is 21.7. The van der Waals surface area contributed by atoms with E-state index in [2.05, 4.69) is 155 Å². The number of fused-ring (bicyclic) bond motifs is 5. The molecule has 4 aromatic carbocycles. The number of pyridine rings is 2. The number of nitrogens with zero attached hydrogens (tertiary/aromatic N) is 2. The minimum Gasteiger partial charge on any atom is -0.305 e. The fourth-order valence-corrected chi connectivity index (χ4v) is 8.97. The summed E-state index contributed by atoms with van der Waals surface area (Å²) >= 11 is 0. The second-order valence-corrected chi connectivity index (χ2v) is 25.3. The molecule has 0 N–H and O–H groups in total. The van der Waals surface area contributed by atoms with Crippen molar-refractivity contribution in [2.24, 2.45) is 0 Å². The fraction of sp³-hybridized carbons (Fsp3) is 0.238. The summed E-state index contributed by atoms with van der Waals surface area (Å²) in [6, 6.07) is 39.4. The van der Waals surface area contributed by atoms with Crippen molar-refractivity contribution in [3.05, 3.63) is 132 Å². The molecule has 0 bridgehead atoms. The van der Waals surface area contributed by atoms with Crippen molar-refractivity contribution in [2.45, 2.75) is 65.5 Å². The zero-order chi connectivity index (χ0) is 32.9. The van der Waals surface area contributed by atoms with E-state index in [0.29, 0.717) is 0 Å². The molecule has 5 heteroatoms. The third-order valence-corrected chi connectivity index (χ3v) is 13.3. The number of rotatable bonds is 4. The zero-order valence-electron chi connectivity index (χ0n) is 29.0. The van der Waals surface area contributed by atoms with Gasteiger partial charge < -0.3 is 9.97 Å². The molecule has 2 heterocycles. The van der Waals surface area contributed by atoms with E-state index in [4.69, 9.17) is 0 Å². The Morgan fingerprint density at radius 2 is 1.26 bits per heavy atom. The minimum atomic E-state index is -1.29. The summed E-state index contributed by atoms with van der Waals surface area (Å²) in [5.41, 5.74) is 10.9. The van der Waals surface area contributed by atoms with Crippen molar-refractivity contribution in [2.75, 3.05) is 0 Å². The number of aromatic nitrogens is 2. The quantitative estimate of drug-likeness (QED) is 0.131. The van der Waals surface area contributed by atoms with E-state index >= 15 is 0 Å². The Kier molecular flexibility index (Phi) is 9.79. The summed E-state index contributed by atoms with van der Waals surface area (Å²) < 4.78 is 0. The average molecular weight is 825 g/mol. The van der Waals surface area contributed by atoms with Gasteiger partial charge in [-0.2, -0.15) is 0 Å². The second-order valence-electron chi connectivity index (χ2n) is 15.1. The third-order valence-electron chi connectivity index (χ3n) is 9.21. The molecule has 0 fully saturated rings. The molecule has 47 heavy (non-hydrogen) atoms. The second kappa shape index (κ2) is 13.2. The number of hydrogen-bond donors (Lipinski definition) is 0. The van der Waals surface area contributed by atoms with Gasteiger partial charge in [0.1, 0.15) is 0 Å². The van der Waals surface area contributed by atoms with Crippen molar-refractivity contribution >= 4 is 37.3 Å². The van der Waals surface area contributed by atoms with Gasteiger partial charge >= 0.3 is 0 Å². The van der Waals surface area contributed by atoms with Crippen LogP contribution in [-0.4, -0.2) is 26.1 Å². The van der Waals surface area contributed by atoms with Crippen LogP contribution < -0.4 is 10.4 Å². The van der Waals surface area contributed by atoms with Crippen LogP contribution in [-0.2, 0) is 25.5 Å². The zero-order valence-corrected chi connectivity index (χ0v) is 33.4. The molecule has 2 aromatic heterocycles. The Balaban J connectivity index is 0.000000188. The van der Waals surface area contributed by atoms with E-state index < -0.39 is 16.1 Å². The largest absolute Gasteiger partial charge is 0.305 e. The van der Waals surface area contributed by atoms with Crippen molar-refractivity contribution in [3.8, 4) is 33.6 Å². The van der Waals surface area contributed by atoms with Crippen LogP contribution in [0.5, 0.6) is 0 Å². The topological polar surface area (TPSA) is 25.8 Å². The summed E-state index contributed by atoms with van der Waals surface area (Å²) in [5, 5.41) is 5.56. The molecule has 2 nitrogen and oxygen atoms in total. The van der Waals surface area contributed by atoms with Crippen LogP contribution in [0, 0.1) is 19.1 Å². The average Bonchev–Trinajstić information content (AvgIpc) is 3.27. The Hall–Kier alpha value is -3.48. The first-order valence-corrected chi connectivity index (χ1v) is 23.2. The maximum absolute atomic E-state index is 4.65. The number of hydrogen-bond acceptors (Lipinski definition) is 2. The van der Waals surface area contributed by atoms with Gasteiger partial charge in [0.15, 0.2) is 0 Å². The predicted molar refractivity (Wildman–Crippen MR) is 203 cm³/mol. The monoisotopic (exact) mass is 825 g/mol. The first kappa shape index (κ1) is 34.8. The normalized spacial score (nSPS) is 13.2. The summed E-state index contributed by atoms with van der Waals surface area (Å²) in [7, 11) is -2.58. The molecule has 0 unspecified atom stereocenters. The SMILES string of the molecule is C[Si](C)(C)c1cc[c-]c(-c2cc([Si](C)(C)C)ccn2)c1.Cc1ccnc(-c2[c-]ccc3c2C(C)(C)c2c-3ccc3ccccc23)c1.[Ir]. The van der Waals surface area contributed by atoms with Crippen LogP contribution in [0.3, 0.4) is 0 Å². The molecular weight excluding hydrogens is 781 g/mol. The van der Waals surface area contributed by atoms with E-state index in [0.717, 1.165) is 22.5 Å². The van der Waals surface area contributed by atoms with Crippen LogP contribution in [0.15, 0.2) is 103 Å². The smallest absolute Gasteiger partial charge is 0.0767 e. The van der Waals surface area contributed by atoms with Crippen LogP contribution in [0.2, 0.25) is 39.3 Å². The van der Waals surface area contributed by atoms with Crippen LogP contribution >= 0.6 is 0 Å². The number of benzene rings is 4. The van der Waals surface area contributed by atoms with E-state index in [1.54, 1.807) is 0 Å². The van der Waals surface area contributed by atoms with Crippen molar-refractivity contribution < 1.29 is 20.1 Å². The van der Waals surface area contributed by atoms with Gasteiger partial charge in [0.25, 0.3) is 0 Å². The molecule has 6 aromatic rings. The maximum atomic E-state index is 4.65. The molecule has 7 rings (SSSR count). The van der Waals surface area contributed by atoms with Gasteiger partial charge in [-0.1, -0.05) is 118 Å². The molecule has 0 saturated carbocycles.